The van der Waals surface area contributed by atoms with Crippen LogP contribution >= 0.6 is 0 Å². The molecule has 0 aliphatic carbocycles. The SMILES string of the molecule is CN(C)CCNC(=O)C(=Cc1cccc([N+](=O)[O-])c1)NC(=O)c1ccccc1. The fourth-order valence-corrected chi connectivity index (χ4v) is 2.33. The van der Waals surface area contributed by atoms with Gasteiger partial charge >= 0.3 is 0 Å². The highest BCUT2D eigenvalue weighted by molar-refractivity contribution is 6.05. The summed E-state index contributed by atoms with van der Waals surface area (Å²) >= 11 is 0. The maximum atomic E-state index is 12.6. The van der Waals surface area contributed by atoms with Gasteiger partial charge in [-0.05, 0) is 37.9 Å². The second-order valence-corrected chi connectivity index (χ2v) is 6.29. The van der Waals surface area contributed by atoms with Crippen LogP contribution in [0.1, 0.15) is 15.9 Å². The second-order valence-electron chi connectivity index (χ2n) is 6.29. The van der Waals surface area contributed by atoms with Gasteiger partial charge in [0.05, 0.1) is 4.92 Å². The summed E-state index contributed by atoms with van der Waals surface area (Å²) in [5.41, 5.74) is 0.734. The van der Waals surface area contributed by atoms with Crippen molar-refractivity contribution >= 4 is 23.6 Å². The monoisotopic (exact) mass is 382 g/mol. The van der Waals surface area contributed by atoms with Gasteiger partial charge in [0.2, 0.25) is 0 Å². The molecular formula is C20H22N4O4. The zero-order chi connectivity index (χ0) is 20.5. The molecule has 0 aliphatic heterocycles. The first-order valence-electron chi connectivity index (χ1n) is 8.62. The van der Waals surface area contributed by atoms with E-state index in [1.807, 2.05) is 19.0 Å². The van der Waals surface area contributed by atoms with Crippen LogP contribution in [0.4, 0.5) is 5.69 Å². The number of non-ortho nitro benzene ring substituents is 1. The van der Waals surface area contributed by atoms with E-state index < -0.39 is 16.7 Å². The predicted octanol–water partition coefficient (Wildman–Crippen LogP) is 2.04. The van der Waals surface area contributed by atoms with E-state index in [0.717, 1.165) is 0 Å². The van der Waals surface area contributed by atoms with Crippen molar-refractivity contribution in [2.75, 3.05) is 27.2 Å². The van der Waals surface area contributed by atoms with Crippen molar-refractivity contribution in [3.63, 3.8) is 0 Å². The summed E-state index contributed by atoms with van der Waals surface area (Å²) in [5.74, 6) is -0.919. The van der Waals surface area contributed by atoms with Crippen LogP contribution in [0.2, 0.25) is 0 Å². The Bertz CT molecular complexity index is 879. The van der Waals surface area contributed by atoms with Crippen molar-refractivity contribution in [1.29, 1.82) is 0 Å². The molecular weight excluding hydrogens is 360 g/mol. The summed E-state index contributed by atoms with van der Waals surface area (Å²) in [7, 11) is 3.76. The second kappa shape index (κ2) is 9.98. The minimum absolute atomic E-state index is 0.00751. The summed E-state index contributed by atoms with van der Waals surface area (Å²) in [6.45, 7) is 1.02. The third-order valence-electron chi connectivity index (χ3n) is 3.77. The summed E-state index contributed by atoms with van der Waals surface area (Å²) in [6, 6.07) is 14.3. The van der Waals surface area contributed by atoms with Gasteiger partial charge in [-0.1, -0.05) is 30.3 Å². The van der Waals surface area contributed by atoms with E-state index in [0.29, 0.717) is 24.2 Å². The molecule has 0 unspecified atom stereocenters. The van der Waals surface area contributed by atoms with Crippen molar-refractivity contribution < 1.29 is 14.5 Å². The topological polar surface area (TPSA) is 105 Å². The van der Waals surface area contributed by atoms with Crippen LogP contribution < -0.4 is 10.6 Å². The van der Waals surface area contributed by atoms with Crippen LogP contribution in [0.25, 0.3) is 6.08 Å². The van der Waals surface area contributed by atoms with Gasteiger partial charge in [0.1, 0.15) is 5.70 Å². The largest absolute Gasteiger partial charge is 0.349 e. The van der Waals surface area contributed by atoms with Crippen LogP contribution in [0, 0.1) is 10.1 Å². The van der Waals surface area contributed by atoms with Crippen LogP contribution in [0.3, 0.4) is 0 Å². The minimum atomic E-state index is -0.517. The quantitative estimate of drug-likeness (QED) is 0.413. The van der Waals surface area contributed by atoms with Gasteiger partial charge in [-0.25, -0.2) is 0 Å². The Morgan fingerprint density at radius 1 is 1.11 bits per heavy atom. The summed E-state index contributed by atoms with van der Waals surface area (Å²) in [4.78, 5) is 37.4. The Morgan fingerprint density at radius 3 is 2.46 bits per heavy atom. The van der Waals surface area contributed by atoms with E-state index in [-0.39, 0.29) is 11.4 Å². The number of hydrogen-bond acceptors (Lipinski definition) is 5. The molecule has 8 nitrogen and oxygen atoms in total. The van der Waals surface area contributed by atoms with Crippen LogP contribution in [-0.4, -0.2) is 48.8 Å². The number of carbonyl (C=O) groups excluding carboxylic acids is 2. The Balaban J connectivity index is 2.27. The van der Waals surface area contributed by atoms with Crippen molar-refractivity contribution in [3.8, 4) is 0 Å². The molecule has 2 amide bonds. The number of amides is 2. The Kier molecular flexibility index (Phi) is 7.41. The van der Waals surface area contributed by atoms with Crippen molar-refractivity contribution in [2.24, 2.45) is 0 Å². The average Bonchev–Trinajstić information content (AvgIpc) is 2.68. The molecule has 0 spiro atoms. The zero-order valence-corrected chi connectivity index (χ0v) is 15.7. The smallest absolute Gasteiger partial charge is 0.270 e. The fraction of sp³-hybridized carbons (Fsp3) is 0.200. The maximum absolute atomic E-state index is 12.6. The number of hydrogen-bond donors (Lipinski definition) is 2. The highest BCUT2D eigenvalue weighted by atomic mass is 16.6. The van der Waals surface area contributed by atoms with Crippen LogP contribution in [0.15, 0.2) is 60.3 Å². The van der Waals surface area contributed by atoms with Gasteiger partial charge in [0.15, 0.2) is 0 Å². The average molecular weight is 382 g/mol. The third-order valence-corrected chi connectivity index (χ3v) is 3.77. The Hall–Kier alpha value is -3.52. The van der Waals surface area contributed by atoms with E-state index in [4.69, 9.17) is 0 Å². The molecule has 0 aliphatic rings. The molecule has 0 radical (unpaired) electrons. The van der Waals surface area contributed by atoms with E-state index >= 15 is 0 Å². The van der Waals surface area contributed by atoms with Gasteiger partial charge < -0.3 is 15.5 Å². The van der Waals surface area contributed by atoms with Crippen molar-refractivity contribution in [3.05, 3.63) is 81.5 Å². The molecule has 0 heterocycles. The molecule has 0 saturated heterocycles. The Labute approximate surface area is 163 Å². The molecule has 2 N–H and O–H groups in total. The summed E-state index contributed by atoms with van der Waals surface area (Å²) in [5, 5.41) is 16.3. The van der Waals surface area contributed by atoms with Crippen molar-refractivity contribution in [1.82, 2.24) is 15.5 Å². The number of benzene rings is 2. The van der Waals surface area contributed by atoms with Gasteiger partial charge in [0, 0.05) is 30.8 Å². The van der Waals surface area contributed by atoms with Gasteiger partial charge in [0.25, 0.3) is 17.5 Å². The number of nitro groups is 1. The first-order valence-corrected chi connectivity index (χ1v) is 8.62. The number of likely N-dealkylation sites (N-methyl/N-ethyl adjacent to an activating group) is 1. The maximum Gasteiger partial charge on any atom is 0.270 e. The van der Waals surface area contributed by atoms with E-state index in [2.05, 4.69) is 10.6 Å². The molecule has 28 heavy (non-hydrogen) atoms. The van der Waals surface area contributed by atoms with E-state index in [9.17, 15) is 19.7 Å². The molecule has 2 aromatic rings. The summed E-state index contributed by atoms with van der Waals surface area (Å²) < 4.78 is 0. The lowest BCUT2D eigenvalue weighted by atomic mass is 10.1. The lowest BCUT2D eigenvalue weighted by molar-refractivity contribution is -0.384. The molecule has 2 aromatic carbocycles. The standard InChI is InChI=1S/C20H22N4O4/c1-23(2)12-11-21-20(26)18(22-19(25)16-8-4-3-5-9-16)14-15-7-6-10-17(13-15)24(27)28/h3-10,13-14H,11-12H2,1-2H3,(H,21,26)(H,22,25). The summed E-state index contributed by atoms with van der Waals surface area (Å²) in [6.07, 6.45) is 1.42. The fourth-order valence-electron chi connectivity index (χ4n) is 2.33. The number of nitro benzene ring substituents is 1. The van der Waals surface area contributed by atoms with Crippen molar-refractivity contribution in [2.45, 2.75) is 0 Å². The molecule has 0 aromatic heterocycles. The highest BCUT2D eigenvalue weighted by Gasteiger charge is 2.15. The molecule has 0 bridgehead atoms. The number of carbonyl (C=O) groups is 2. The predicted molar refractivity (Wildman–Crippen MR) is 107 cm³/mol. The van der Waals surface area contributed by atoms with Gasteiger partial charge in [-0.15, -0.1) is 0 Å². The molecule has 2 rings (SSSR count). The lowest BCUT2D eigenvalue weighted by Crippen LogP contribution is -2.37. The zero-order valence-electron chi connectivity index (χ0n) is 15.7. The number of rotatable bonds is 8. The molecule has 8 heteroatoms. The molecule has 0 fully saturated rings. The normalized spacial score (nSPS) is 11.2. The molecule has 0 atom stereocenters. The van der Waals surface area contributed by atoms with Crippen LogP contribution in [-0.2, 0) is 4.79 Å². The molecule has 0 saturated carbocycles. The number of nitrogens with zero attached hydrogens (tertiary/aromatic N) is 2. The Morgan fingerprint density at radius 2 is 1.82 bits per heavy atom. The van der Waals surface area contributed by atoms with E-state index in [1.54, 1.807) is 36.4 Å². The first kappa shape index (κ1) is 20.8. The van der Waals surface area contributed by atoms with Crippen LogP contribution in [0.5, 0.6) is 0 Å². The number of nitrogens with one attached hydrogen (secondary N) is 2. The highest BCUT2D eigenvalue weighted by Crippen LogP contribution is 2.15. The first-order chi connectivity index (χ1) is 13.4. The minimum Gasteiger partial charge on any atom is -0.349 e. The van der Waals surface area contributed by atoms with Gasteiger partial charge in [-0.2, -0.15) is 0 Å². The molecule has 146 valence electrons. The van der Waals surface area contributed by atoms with E-state index in [1.165, 1.54) is 24.3 Å². The third kappa shape index (κ3) is 6.33. The van der Waals surface area contributed by atoms with Gasteiger partial charge in [-0.3, -0.25) is 19.7 Å². The lowest BCUT2D eigenvalue weighted by Gasteiger charge is -2.13.